The second kappa shape index (κ2) is 4.63. The highest BCUT2D eigenvalue weighted by molar-refractivity contribution is 5.96. The molecule has 130 valence electrons. The van der Waals surface area contributed by atoms with Gasteiger partial charge in [-0.3, -0.25) is 4.79 Å². The summed E-state index contributed by atoms with van der Waals surface area (Å²) >= 11 is 0. The molecule has 1 aliphatic carbocycles. The molecule has 0 amide bonds. The zero-order valence-corrected chi connectivity index (χ0v) is 15.7. The van der Waals surface area contributed by atoms with Gasteiger partial charge in [-0.15, -0.1) is 0 Å². The Bertz CT molecular complexity index is 720. The zero-order valence-electron chi connectivity index (χ0n) is 15.7. The van der Waals surface area contributed by atoms with Gasteiger partial charge in [0, 0.05) is 17.5 Å². The molecule has 3 heteroatoms. The Morgan fingerprint density at radius 1 is 1.08 bits per heavy atom. The molecular formula is C21H28O3. The predicted molar refractivity (Wildman–Crippen MR) is 93.6 cm³/mol. The van der Waals surface area contributed by atoms with Crippen molar-refractivity contribution in [2.45, 2.75) is 76.9 Å². The van der Waals surface area contributed by atoms with E-state index in [-0.39, 0.29) is 22.7 Å². The van der Waals surface area contributed by atoms with Gasteiger partial charge in [-0.2, -0.15) is 0 Å². The van der Waals surface area contributed by atoms with Crippen LogP contribution < -0.4 is 4.74 Å². The lowest BCUT2D eigenvalue weighted by molar-refractivity contribution is -0.124. The van der Waals surface area contributed by atoms with Crippen LogP contribution in [0.2, 0.25) is 0 Å². The maximum absolute atomic E-state index is 12.8. The monoisotopic (exact) mass is 328 g/mol. The first-order valence-electron chi connectivity index (χ1n) is 9.08. The first-order chi connectivity index (χ1) is 11.0. The van der Waals surface area contributed by atoms with Crippen LogP contribution in [0.15, 0.2) is 12.1 Å². The molecule has 2 bridgehead atoms. The molecule has 0 unspecified atom stereocenters. The molecule has 4 rings (SSSR count). The molecule has 1 saturated carbocycles. The Labute approximate surface area is 144 Å². The Morgan fingerprint density at radius 2 is 1.79 bits per heavy atom. The van der Waals surface area contributed by atoms with Gasteiger partial charge in [0.1, 0.15) is 11.9 Å². The molecule has 1 aromatic carbocycles. The van der Waals surface area contributed by atoms with Crippen LogP contribution in [-0.2, 0) is 26.0 Å². The van der Waals surface area contributed by atoms with Crippen molar-refractivity contribution in [2.75, 3.05) is 6.61 Å². The number of hydrogen-bond donors (Lipinski definition) is 0. The van der Waals surface area contributed by atoms with E-state index in [9.17, 15) is 4.79 Å². The summed E-state index contributed by atoms with van der Waals surface area (Å²) in [5, 5.41) is 0. The quantitative estimate of drug-likeness (QED) is 0.668. The van der Waals surface area contributed by atoms with Crippen molar-refractivity contribution in [1.29, 1.82) is 0 Å². The third-order valence-electron chi connectivity index (χ3n) is 5.84. The summed E-state index contributed by atoms with van der Waals surface area (Å²) in [6.07, 6.45) is 1.61. The molecular weight excluding hydrogens is 300 g/mol. The lowest BCUT2D eigenvalue weighted by Crippen LogP contribution is -2.26. The normalized spacial score (nSPS) is 31.7. The Morgan fingerprint density at radius 3 is 2.38 bits per heavy atom. The molecule has 3 aliphatic rings. The van der Waals surface area contributed by atoms with Gasteiger partial charge in [0.25, 0.3) is 0 Å². The SMILES string of the molecule is CC(C)(C)c1cc(C(C)(C)C)c2c(c1)[C@]13O[C@H]1[C@@H](CCO2)CC3=O. The Balaban J connectivity index is 2.00. The lowest BCUT2D eigenvalue weighted by Gasteiger charge is -2.30. The molecule has 3 nitrogen and oxygen atoms in total. The van der Waals surface area contributed by atoms with E-state index in [1.54, 1.807) is 0 Å². The fourth-order valence-electron chi connectivity index (χ4n) is 4.30. The van der Waals surface area contributed by atoms with Gasteiger partial charge in [-0.05, 0) is 34.8 Å². The minimum atomic E-state index is -0.721. The number of epoxide rings is 1. The van der Waals surface area contributed by atoms with Crippen LogP contribution in [0.4, 0.5) is 0 Å². The molecule has 0 aromatic heterocycles. The van der Waals surface area contributed by atoms with Crippen molar-refractivity contribution >= 4 is 5.78 Å². The summed E-state index contributed by atoms with van der Waals surface area (Å²) < 4.78 is 12.3. The predicted octanol–water partition coefficient (Wildman–Crippen LogP) is 4.25. The van der Waals surface area contributed by atoms with E-state index >= 15 is 0 Å². The Kier molecular flexibility index (Phi) is 3.11. The number of carbonyl (C=O) groups excluding carboxylic acids is 1. The van der Waals surface area contributed by atoms with Gasteiger partial charge < -0.3 is 9.47 Å². The maximum atomic E-state index is 12.8. The van der Waals surface area contributed by atoms with Crippen molar-refractivity contribution in [3.63, 3.8) is 0 Å². The van der Waals surface area contributed by atoms with Crippen LogP contribution in [0.3, 0.4) is 0 Å². The highest BCUT2D eigenvalue weighted by Crippen LogP contribution is 2.62. The molecule has 0 spiro atoms. The van der Waals surface area contributed by atoms with E-state index in [0.717, 1.165) is 17.7 Å². The minimum Gasteiger partial charge on any atom is -0.493 e. The van der Waals surface area contributed by atoms with E-state index in [0.29, 0.717) is 18.9 Å². The minimum absolute atomic E-state index is 0.0134. The molecule has 2 fully saturated rings. The molecule has 1 aromatic rings. The fourth-order valence-corrected chi connectivity index (χ4v) is 4.30. The number of rotatable bonds is 0. The standard InChI is InChI=1S/C21H28O3/c1-19(2,3)13-10-14(20(4,5)6)17-15(11-13)21-16(22)9-12(7-8-23-17)18(21)24-21/h10-12,18H,7-9H2,1-6H3/t12-,18-,21+/m0/s1. The first kappa shape index (κ1) is 16.1. The molecule has 0 radical (unpaired) electrons. The number of ketones is 1. The van der Waals surface area contributed by atoms with Crippen LogP contribution in [0.1, 0.15) is 71.1 Å². The maximum Gasteiger partial charge on any atom is 0.181 e. The second-order valence-electron chi connectivity index (χ2n) is 9.70. The van der Waals surface area contributed by atoms with E-state index in [4.69, 9.17) is 9.47 Å². The van der Waals surface area contributed by atoms with E-state index in [1.165, 1.54) is 11.1 Å². The van der Waals surface area contributed by atoms with Gasteiger partial charge in [-0.25, -0.2) is 0 Å². The van der Waals surface area contributed by atoms with Crippen molar-refractivity contribution in [3.05, 3.63) is 28.8 Å². The van der Waals surface area contributed by atoms with Gasteiger partial charge in [-0.1, -0.05) is 47.6 Å². The number of hydrogen-bond acceptors (Lipinski definition) is 3. The van der Waals surface area contributed by atoms with Gasteiger partial charge in [0.2, 0.25) is 0 Å². The van der Waals surface area contributed by atoms with Crippen LogP contribution in [0, 0.1) is 5.92 Å². The lowest BCUT2D eigenvalue weighted by atomic mass is 9.76. The van der Waals surface area contributed by atoms with Crippen LogP contribution >= 0.6 is 0 Å². The fraction of sp³-hybridized carbons (Fsp3) is 0.667. The molecule has 0 N–H and O–H groups in total. The van der Waals surface area contributed by atoms with Crippen LogP contribution in [0.25, 0.3) is 0 Å². The average molecular weight is 328 g/mol. The highest BCUT2D eigenvalue weighted by Gasteiger charge is 2.72. The third-order valence-corrected chi connectivity index (χ3v) is 5.84. The molecule has 1 saturated heterocycles. The summed E-state index contributed by atoms with van der Waals surface area (Å²) in [5.41, 5.74) is 2.66. The number of ether oxygens (including phenoxy) is 2. The summed E-state index contributed by atoms with van der Waals surface area (Å²) in [7, 11) is 0. The zero-order chi connectivity index (χ0) is 17.5. The van der Waals surface area contributed by atoms with E-state index in [2.05, 4.69) is 53.7 Å². The Hall–Kier alpha value is -1.35. The second-order valence-corrected chi connectivity index (χ2v) is 9.70. The number of carbonyl (C=O) groups is 1. The van der Waals surface area contributed by atoms with E-state index in [1.807, 2.05) is 0 Å². The number of benzene rings is 1. The molecule has 3 atom stereocenters. The third kappa shape index (κ3) is 2.10. The summed E-state index contributed by atoms with van der Waals surface area (Å²) in [6, 6.07) is 4.45. The van der Waals surface area contributed by atoms with Crippen LogP contribution in [0.5, 0.6) is 5.75 Å². The summed E-state index contributed by atoms with van der Waals surface area (Å²) in [5.74, 6) is 1.46. The summed E-state index contributed by atoms with van der Waals surface area (Å²) in [6.45, 7) is 13.9. The average Bonchev–Trinajstić information content (AvgIpc) is 3.11. The van der Waals surface area contributed by atoms with Gasteiger partial charge in [0.15, 0.2) is 11.4 Å². The van der Waals surface area contributed by atoms with Crippen molar-refractivity contribution < 1.29 is 14.3 Å². The number of fused-ring (bicyclic) bond motifs is 1. The smallest absolute Gasteiger partial charge is 0.181 e. The van der Waals surface area contributed by atoms with Gasteiger partial charge >= 0.3 is 0 Å². The van der Waals surface area contributed by atoms with Crippen molar-refractivity contribution in [1.82, 2.24) is 0 Å². The number of Topliss-reactive ketones (excluding diaryl/α,β-unsaturated/α-hetero) is 1. The first-order valence-corrected chi connectivity index (χ1v) is 9.08. The molecule has 24 heavy (non-hydrogen) atoms. The van der Waals surface area contributed by atoms with Crippen molar-refractivity contribution in [3.8, 4) is 5.75 Å². The van der Waals surface area contributed by atoms with Gasteiger partial charge in [0.05, 0.1) is 6.61 Å². The highest BCUT2D eigenvalue weighted by atomic mass is 16.6. The largest absolute Gasteiger partial charge is 0.493 e. The molecule has 2 aliphatic heterocycles. The van der Waals surface area contributed by atoms with E-state index < -0.39 is 5.60 Å². The van der Waals surface area contributed by atoms with Crippen molar-refractivity contribution in [2.24, 2.45) is 5.92 Å². The summed E-state index contributed by atoms with van der Waals surface area (Å²) in [4.78, 5) is 12.8. The van der Waals surface area contributed by atoms with Crippen LogP contribution in [-0.4, -0.2) is 18.5 Å². The topological polar surface area (TPSA) is 38.8 Å². The molecule has 2 heterocycles.